The molecule has 0 atom stereocenters. The van der Waals surface area contributed by atoms with E-state index in [0.29, 0.717) is 23.0 Å². The van der Waals surface area contributed by atoms with Crippen molar-refractivity contribution < 1.29 is 38.1 Å². The monoisotopic (exact) mass is 548 g/mol. The van der Waals surface area contributed by atoms with Gasteiger partial charge in [0.05, 0.1) is 0 Å². The van der Waals surface area contributed by atoms with E-state index in [4.69, 9.17) is 18.9 Å². The summed E-state index contributed by atoms with van der Waals surface area (Å²) in [7, 11) is 0. The molecular formula is C17H32N4O8S4. The van der Waals surface area contributed by atoms with Crippen LogP contribution in [0.2, 0.25) is 0 Å². The van der Waals surface area contributed by atoms with E-state index < -0.39 is 56.2 Å². The molecule has 0 spiro atoms. The standard InChI is InChI=1S/C17H32N4O8S4/c22-13(18-1-5-30)26-9-17(10-27-14(23)19-2-6-31,11-28-15(24)20-3-7-32)12-29-16(25)21-4-8-33/h30-33H,1-12H2,(H,18,22)(H,19,23)(H,20,24)(H,21,25). The van der Waals surface area contributed by atoms with Crippen LogP contribution in [0.15, 0.2) is 0 Å². The van der Waals surface area contributed by atoms with Crippen LogP contribution in [-0.4, -0.2) is 100.0 Å². The van der Waals surface area contributed by atoms with Gasteiger partial charge in [0.1, 0.15) is 31.8 Å². The van der Waals surface area contributed by atoms with Crippen LogP contribution in [0.25, 0.3) is 0 Å². The van der Waals surface area contributed by atoms with E-state index in [1.54, 1.807) is 0 Å². The van der Waals surface area contributed by atoms with E-state index in [0.717, 1.165) is 0 Å². The maximum absolute atomic E-state index is 11.9. The van der Waals surface area contributed by atoms with E-state index in [1.165, 1.54) is 0 Å². The van der Waals surface area contributed by atoms with Gasteiger partial charge in [0, 0.05) is 49.2 Å². The van der Waals surface area contributed by atoms with Crippen LogP contribution < -0.4 is 21.3 Å². The zero-order chi connectivity index (χ0) is 25.0. The predicted octanol–water partition coefficient (Wildman–Crippen LogP) is 0.597. The fourth-order valence-corrected chi connectivity index (χ4v) is 2.41. The third-order valence-electron chi connectivity index (χ3n) is 3.56. The lowest BCUT2D eigenvalue weighted by molar-refractivity contribution is -0.0484. The zero-order valence-electron chi connectivity index (χ0n) is 18.0. The molecule has 192 valence electrons. The summed E-state index contributed by atoms with van der Waals surface area (Å²) in [5.41, 5.74) is -1.40. The van der Waals surface area contributed by atoms with Crippen molar-refractivity contribution in [1.82, 2.24) is 21.3 Å². The number of alkyl carbamates (subject to hydrolysis) is 4. The summed E-state index contributed by atoms with van der Waals surface area (Å²) in [6, 6.07) is 0. The van der Waals surface area contributed by atoms with Crippen LogP contribution in [-0.2, 0) is 18.9 Å². The van der Waals surface area contributed by atoms with Crippen LogP contribution in [0.3, 0.4) is 0 Å². The van der Waals surface area contributed by atoms with Crippen molar-refractivity contribution in [3.8, 4) is 0 Å². The van der Waals surface area contributed by atoms with Gasteiger partial charge in [-0.3, -0.25) is 0 Å². The number of hydrogen-bond donors (Lipinski definition) is 8. The lowest BCUT2D eigenvalue weighted by Crippen LogP contribution is -2.47. The molecule has 0 saturated heterocycles. The van der Waals surface area contributed by atoms with Gasteiger partial charge in [-0.1, -0.05) is 0 Å². The highest BCUT2D eigenvalue weighted by atomic mass is 32.1. The number of nitrogens with one attached hydrogen (secondary N) is 4. The zero-order valence-corrected chi connectivity index (χ0v) is 21.6. The fraction of sp³-hybridized carbons (Fsp3) is 0.765. The van der Waals surface area contributed by atoms with Crippen molar-refractivity contribution in [2.24, 2.45) is 5.41 Å². The van der Waals surface area contributed by atoms with Gasteiger partial charge < -0.3 is 40.2 Å². The van der Waals surface area contributed by atoms with E-state index in [2.05, 4.69) is 71.8 Å². The van der Waals surface area contributed by atoms with Crippen molar-refractivity contribution in [3.05, 3.63) is 0 Å². The second-order valence-corrected chi connectivity index (χ2v) is 8.19. The molecule has 33 heavy (non-hydrogen) atoms. The number of hydrogen-bond acceptors (Lipinski definition) is 12. The Morgan fingerprint density at radius 2 is 0.697 bits per heavy atom. The van der Waals surface area contributed by atoms with Crippen LogP contribution in [0.1, 0.15) is 0 Å². The first-order chi connectivity index (χ1) is 15.8. The minimum Gasteiger partial charge on any atom is -0.449 e. The largest absolute Gasteiger partial charge is 0.449 e. The highest BCUT2D eigenvalue weighted by Crippen LogP contribution is 2.21. The normalized spacial score (nSPS) is 10.5. The molecule has 0 aliphatic rings. The molecule has 12 nitrogen and oxygen atoms in total. The molecule has 0 unspecified atom stereocenters. The third-order valence-corrected chi connectivity index (χ3v) is 4.46. The molecular weight excluding hydrogens is 516 g/mol. The molecule has 0 fully saturated rings. The quantitative estimate of drug-likeness (QED) is 0.103. The molecule has 0 aromatic heterocycles. The van der Waals surface area contributed by atoms with Gasteiger partial charge in [0.2, 0.25) is 0 Å². The van der Waals surface area contributed by atoms with Crippen LogP contribution >= 0.6 is 50.5 Å². The molecule has 4 N–H and O–H groups in total. The molecule has 0 heterocycles. The van der Waals surface area contributed by atoms with Crippen molar-refractivity contribution >= 4 is 74.9 Å². The van der Waals surface area contributed by atoms with Gasteiger partial charge in [0.15, 0.2) is 0 Å². The van der Waals surface area contributed by atoms with Gasteiger partial charge in [-0.05, 0) is 0 Å². The Hall–Kier alpha value is -1.52. The van der Waals surface area contributed by atoms with E-state index >= 15 is 0 Å². The molecule has 4 amide bonds. The summed E-state index contributed by atoms with van der Waals surface area (Å²) in [4.78, 5) is 47.7. The molecule has 0 aromatic carbocycles. The van der Waals surface area contributed by atoms with Gasteiger partial charge in [-0.25, -0.2) is 19.2 Å². The molecule has 0 aliphatic carbocycles. The maximum atomic E-state index is 11.9. The number of carbonyl (C=O) groups excluding carboxylic acids is 4. The van der Waals surface area contributed by atoms with Gasteiger partial charge in [0.25, 0.3) is 0 Å². The average Bonchev–Trinajstić information content (AvgIpc) is 2.82. The molecule has 16 heteroatoms. The second-order valence-electron chi connectivity index (χ2n) is 6.41. The molecule has 0 aromatic rings. The van der Waals surface area contributed by atoms with Gasteiger partial charge >= 0.3 is 24.4 Å². The number of ether oxygens (including phenoxy) is 4. The van der Waals surface area contributed by atoms with Crippen LogP contribution in [0.5, 0.6) is 0 Å². The Bertz CT molecular complexity index is 502. The number of carbonyl (C=O) groups is 4. The number of amides is 4. The minimum atomic E-state index is -1.40. The SMILES string of the molecule is O=C(NCCS)OCC(COC(=O)NCCS)(COC(=O)NCCS)COC(=O)NCCS. The Kier molecular flexibility index (Phi) is 19.0. The fourth-order valence-electron chi connectivity index (χ4n) is 1.96. The summed E-state index contributed by atoms with van der Waals surface area (Å²) in [6.07, 6.45) is -3.09. The lowest BCUT2D eigenvalue weighted by Gasteiger charge is -2.31. The molecule has 0 radical (unpaired) electrons. The van der Waals surface area contributed by atoms with Crippen molar-refractivity contribution in [2.45, 2.75) is 0 Å². The Morgan fingerprint density at radius 3 is 0.879 bits per heavy atom. The van der Waals surface area contributed by atoms with E-state index in [-0.39, 0.29) is 26.2 Å². The van der Waals surface area contributed by atoms with Crippen molar-refractivity contribution in [2.75, 3.05) is 75.6 Å². The predicted molar refractivity (Wildman–Crippen MR) is 135 cm³/mol. The summed E-state index contributed by atoms with van der Waals surface area (Å²) < 4.78 is 20.8. The summed E-state index contributed by atoms with van der Waals surface area (Å²) in [5, 5.41) is 9.84. The van der Waals surface area contributed by atoms with Gasteiger partial charge in [-0.2, -0.15) is 50.5 Å². The van der Waals surface area contributed by atoms with Crippen LogP contribution in [0, 0.1) is 5.41 Å². The third kappa shape index (κ3) is 16.7. The van der Waals surface area contributed by atoms with E-state index in [9.17, 15) is 19.2 Å². The number of rotatable bonds is 16. The lowest BCUT2D eigenvalue weighted by atomic mass is 9.92. The Balaban J connectivity index is 5.42. The smallest absolute Gasteiger partial charge is 0.407 e. The highest BCUT2D eigenvalue weighted by Gasteiger charge is 2.38. The van der Waals surface area contributed by atoms with E-state index in [1.807, 2.05) is 0 Å². The van der Waals surface area contributed by atoms with Gasteiger partial charge in [-0.15, -0.1) is 0 Å². The molecule has 0 bridgehead atoms. The first-order valence-corrected chi connectivity index (χ1v) is 12.4. The summed E-state index contributed by atoms with van der Waals surface area (Å²) >= 11 is 16.0. The Labute approximate surface area is 214 Å². The summed E-state index contributed by atoms with van der Waals surface area (Å²) in [6.45, 7) is -0.580. The molecule has 0 rings (SSSR count). The number of thiol groups is 4. The molecule has 0 aliphatic heterocycles. The Morgan fingerprint density at radius 1 is 0.485 bits per heavy atom. The minimum absolute atomic E-state index is 0.253. The summed E-state index contributed by atoms with van der Waals surface area (Å²) in [5.74, 6) is 1.55. The second kappa shape index (κ2) is 19.9. The highest BCUT2D eigenvalue weighted by molar-refractivity contribution is 7.80. The maximum Gasteiger partial charge on any atom is 0.407 e. The first kappa shape index (κ1) is 31.5. The first-order valence-electron chi connectivity index (χ1n) is 9.88. The topological polar surface area (TPSA) is 153 Å². The van der Waals surface area contributed by atoms with Crippen molar-refractivity contribution in [3.63, 3.8) is 0 Å². The van der Waals surface area contributed by atoms with Crippen molar-refractivity contribution in [1.29, 1.82) is 0 Å². The average molecular weight is 549 g/mol. The van der Waals surface area contributed by atoms with Crippen LogP contribution in [0.4, 0.5) is 19.2 Å². The molecule has 0 saturated carbocycles.